The number of hydrogen-bond donors (Lipinski definition) is 2. The van der Waals surface area contributed by atoms with Crippen molar-refractivity contribution in [1.82, 2.24) is 10.6 Å². The number of ether oxygens (including phenoxy) is 1. The first-order chi connectivity index (χ1) is 12.9. The van der Waals surface area contributed by atoms with Crippen LogP contribution < -0.4 is 10.6 Å². The lowest BCUT2D eigenvalue weighted by Gasteiger charge is -2.16. The molecule has 0 aliphatic carbocycles. The second kappa shape index (κ2) is 10.5. The van der Waals surface area contributed by atoms with Crippen molar-refractivity contribution < 1.29 is 19.1 Å². The van der Waals surface area contributed by atoms with Crippen molar-refractivity contribution in [1.29, 1.82) is 0 Å². The normalized spacial score (nSPS) is 18.4. The van der Waals surface area contributed by atoms with Crippen LogP contribution in [0.3, 0.4) is 0 Å². The molecule has 1 aliphatic rings. The van der Waals surface area contributed by atoms with E-state index in [4.69, 9.17) is 16.3 Å². The van der Waals surface area contributed by atoms with Gasteiger partial charge in [0, 0.05) is 24.1 Å². The number of allylic oxidation sites excluding steroid dienone is 3. The van der Waals surface area contributed by atoms with E-state index in [-0.39, 0.29) is 31.4 Å². The molecule has 0 bridgehead atoms. The van der Waals surface area contributed by atoms with Gasteiger partial charge < -0.3 is 15.4 Å². The molecule has 0 saturated heterocycles. The van der Waals surface area contributed by atoms with Crippen molar-refractivity contribution in [2.24, 2.45) is 5.92 Å². The molecule has 6 nitrogen and oxygen atoms in total. The Labute approximate surface area is 163 Å². The Morgan fingerprint density at radius 2 is 2.04 bits per heavy atom. The molecule has 0 radical (unpaired) electrons. The van der Waals surface area contributed by atoms with Crippen molar-refractivity contribution in [3.05, 3.63) is 58.7 Å². The molecule has 1 aromatic rings. The maximum Gasteiger partial charge on any atom is 0.331 e. The van der Waals surface area contributed by atoms with Gasteiger partial charge >= 0.3 is 5.97 Å². The molecule has 2 N–H and O–H groups in total. The van der Waals surface area contributed by atoms with Crippen LogP contribution >= 0.6 is 11.6 Å². The third-order valence-electron chi connectivity index (χ3n) is 4.00. The number of amides is 2. The minimum atomic E-state index is -0.491. The number of carbonyl (C=O) groups is 3. The molecule has 2 rings (SSSR count). The molecule has 1 atom stereocenters. The summed E-state index contributed by atoms with van der Waals surface area (Å²) in [6, 6.07) is 7.20. The molecule has 1 aromatic carbocycles. The van der Waals surface area contributed by atoms with E-state index >= 15 is 0 Å². The number of halogens is 1. The number of rotatable bonds is 4. The molecule has 0 spiro atoms. The Morgan fingerprint density at radius 1 is 1.30 bits per heavy atom. The summed E-state index contributed by atoms with van der Waals surface area (Å²) in [5.74, 6) is -1.37. The molecular weight excluding hydrogens is 368 g/mol. The number of benzene rings is 1. The zero-order valence-corrected chi connectivity index (χ0v) is 15.9. The molecule has 7 heteroatoms. The summed E-state index contributed by atoms with van der Waals surface area (Å²) in [4.78, 5) is 36.1. The lowest BCUT2D eigenvalue weighted by atomic mass is 9.98. The van der Waals surface area contributed by atoms with Crippen LogP contribution in [0, 0.1) is 5.92 Å². The summed E-state index contributed by atoms with van der Waals surface area (Å²) in [6.45, 7) is 2.45. The van der Waals surface area contributed by atoms with E-state index in [9.17, 15) is 14.4 Å². The Bertz CT molecular complexity index is 741. The molecule has 2 amide bonds. The van der Waals surface area contributed by atoms with E-state index in [1.165, 1.54) is 6.08 Å². The van der Waals surface area contributed by atoms with Gasteiger partial charge in [0.15, 0.2) is 0 Å². The van der Waals surface area contributed by atoms with Gasteiger partial charge in [-0.15, -0.1) is 0 Å². The maximum absolute atomic E-state index is 12.3. The Kier molecular flexibility index (Phi) is 8.07. The highest BCUT2D eigenvalue weighted by Gasteiger charge is 2.21. The summed E-state index contributed by atoms with van der Waals surface area (Å²) < 4.78 is 4.99. The molecule has 27 heavy (non-hydrogen) atoms. The lowest BCUT2D eigenvalue weighted by Crippen LogP contribution is -2.36. The SMILES string of the molecule is CC1=CC(=O)OCCNC(=O)[C@@H](CC(=O)NCc2ccc(Cl)cc2)CC=C1. The Balaban J connectivity index is 1.94. The predicted octanol–water partition coefficient (Wildman–Crippen LogP) is 2.53. The maximum atomic E-state index is 12.3. The first kappa shape index (κ1) is 20.7. The van der Waals surface area contributed by atoms with Gasteiger partial charge in [-0.1, -0.05) is 35.9 Å². The summed E-state index contributed by atoms with van der Waals surface area (Å²) in [6.07, 6.45) is 5.41. The van der Waals surface area contributed by atoms with Gasteiger partial charge in [0.05, 0.1) is 12.5 Å². The molecule has 0 aromatic heterocycles. The quantitative estimate of drug-likeness (QED) is 0.774. The van der Waals surface area contributed by atoms with Crippen LogP contribution in [0.5, 0.6) is 0 Å². The number of nitrogens with one attached hydrogen (secondary N) is 2. The van der Waals surface area contributed by atoms with E-state index in [2.05, 4.69) is 10.6 Å². The van der Waals surface area contributed by atoms with E-state index < -0.39 is 11.9 Å². The number of hydrogen-bond acceptors (Lipinski definition) is 4. The average molecular weight is 391 g/mol. The van der Waals surface area contributed by atoms with Crippen molar-refractivity contribution in [2.75, 3.05) is 13.2 Å². The van der Waals surface area contributed by atoms with Crippen LogP contribution in [0.15, 0.2) is 48.1 Å². The minimum absolute atomic E-state index is 0.0757. The molecule has 1 heterocycles. The van der Waals surface area contributed by atoms with Gasteiger partial charge in [-0.2, -0.15) is 0 Å². The third-order valence-corrected chi connectivity index (χ3v) is 4.25. The molecule has 0 saturated carbocycles. The van der Waals surface area contributed by atoms with Gasteiger partial charge in [0.1, 0.15) is 6.61 Å². The van der Waals surface area contributed by atoms with Crippen LogP contribution in [0.25, 0.3) is 0 Å². The molecule has 0 unspecified atom stereocenters. The van der Waals surface area contributed by atoms with Gasteiger partial charge in [0.2, 0.25) is 11.8 Å². The van der Waals surface area contributed by atoms with E-state index in [0.717, 1.165) is 11.1 Å². The fourth-order valence-corrected chi connectivity index (χ4v) is 2.67. The van der Waals surface area contributed by atoms with Crippen molar-refractivity contribution in [3.63, 3.8) is 0 Å². The number of esters is 1. The fraction of sp³-hybridized carbons (Fsp3) is 0.350. The van der Waals surface area contributed by atoms with E-state index in [1.807, 2.05) is 12.1 Å². The van der Waals surface area contributed by atoms with Crippen LogP contribution in [0.1, 0.15) is 25.3 Å². The van der Waals surface area contributed by atoms with Gasteiger partial charge in [-0.3, -0.25) is 9.59 Å². The molecule has 0 fully saturated rings. The van der Waals surface area contributed by atoms with Crippen LogP contribution in [-0.2, 0) is 25.7 Å². The summed E-state index contributed by atoms with van der Waals surface area (Å²) in [5.41, 5.74) is 1.66. The zero-order chi connectivity index (χ0) is 19.6. The third kappa shape index (κ3) is 7.66. The number of carbonyl (C=O) groups excluding carboxylic acids is 3. The smallest absolute Gasteiger partial charge is 0.331 e. The average Bonchev–Trinajstić information content (AvgIpc) is 2.63. The lowest BCUT2D eigenvalue weighted by molar-refractivity contribution is -0.138. The standard InChI is InChI=1S/C20H23ClN2O4/c1-14-3-2-4-16(20(26)22-9-10-27-19(25)11-14)12-18(24)23-13-15-5-7-17(21)8-6-15/h2-3,5-8,11,16H,4,9-10,12-13H2,1H3,(H,22,26)(H,23,24)/t16-/m1/s1. The van der Waals surface area contributed by atoms with Gasteiger partial charge in [0.25, 0.3) is 0 Å². The summed E-state index contributed by atoms with van der Waals surface area (Å²) in [5, 5.41) is 6.16. The van der Waals surface area contributed by atoms with Gasteiger partial charge in [-0.05, 0) is 36.6 Å². The Hall–Kier alpha value is -2.60. The van der Waals surface area contributed by atoms with Crippen LogP contribution in [0.4, 0.5) is 0 Å². The summed E-state index contributed by atoms with van der Waals surface area (Å²) in [7, 11) is 0. The molecular formula is C20H23ClN2O4. The number of cyclic esters (lactones) is 1. The Morgan fingerprint density at radius 3 is 2.78 bits per heavy atom. The first-order valence-corrected chi connectivity index (χ1v) is 9.12. The highest BCUT2D eigenvalue weighted by Crippen LogP contribution is 2.13. The monoisotopic (exact) mass is 390 g/mol. The summed E-state index contributed by atoms with van der Waals surface area (Å²) >= 11 is 5.84. The van der Waals surface area contributed by atoms with Crippen LogP contribution in [0.2, 0.25) is 5.02 Å². The second-order valence-electron chi connectivity index (χ2n) is 6.29. The van der Waals surface area contributed by atoms with E-state index in [0.29, 0.717) is 18.0 Å². The first-order valence-electron chi connectivity index (χ1n) is 8.74. The highest BCUT2D eigenvalue weighted by molar-refractivity contribution is 6.30. The zero-order valence-electron chi connectivity index (χ0n) is 15.2. The minimum Gasteiger partial charge on any atom is -0.461 e. The largest absolute Gasteiger partial charge is 0.461 e. The van der Waals surface area contributed by atoms with Crippen molar-refractivity contribution in [2.45, 2.75) is 26.3 Å². The van der Waals surface area contributed by atoms with Crippen LogP contribution in [-0.4, -0.2) is 30.9 Å². The topological polar surface area (TPSA) is 84.5 Å². The second-order valence-corrected chi connectivity index (χ2v) is 6.73. The highest BCUT2D eigenvalue weighted by atomic mass is 35.5. The van der Waals surface area contributed by atoms with Gasteiger partial charge in [-0.25, -0.2) is 4.79 Å². The van der Waals surface area contributed by atoms with E-state index in [1.54, 1.807) is 31.2 Å². The molecule has 144 valence electrons. The van der Waals surface area contributed by atoms with Crippen molar-refractivity contribution >= 4 is 29.4 Å². The van der Waals surface area contributed by atoms with Crippen molar-refractivity contribution in [3.8, 4) is 0 Å². The predicted molar refractivity (Wildman–Crippen MR) is 103 cm³/mol. The molecule has 1 aliphatic heterocycles. The fourth-order valence-electron chi connectivity index (χ4n) is 2.55.